The number of benzene rings is 2. The first kappa shape index (κ1) is 13.6. The zero-order valence-electron chi connectivity index (χ0n) is 13.6. The Kier molecular flexibility index (Phi) is 2.91. The number of hydrogen-bond donors (Lipinski definition) is 0. The van der Waals surface area contributed by atoms with Crippen molar-refractivity contribution in [2.24, 2.45) is 5.92 Å². The van der Waals surface area contributed by atoms with Gasteiger partial charge in [-0.3, -0.25) is 0 Å². The van der Waals surface area contributed by atoms with Gasteiger partial charge in [-0.15, -0.1) is 0 Å². The third kappa shape index (κ3) is 1.90. The zero-order chi connectivity index (χ0) is 15.3. The second-order valence-electron chi connectivity index (χ2n) is 7.16. The Morgan fingerprint density at radius 3 is 2.50 bits per heavy atom. The first-order chi connectivity index (χ1) is 10.6. The highest BCUT2D eigenvalue weighted by Gasteiger charge is 2.35. The average molecular weight is 286 g/mol. The van der Waals surface area contributed by atoms with Crippen LogP contribution < -0.4 is 0 Å². The molecular formula is C22H22. The van der Waals surface area contributed by atoms with E-state index in [4.69, 9.17) is 0 Å². The summed E-state index contributed by atoms with van der Waals surface area (Å²) in [5.74, 6) is 0.666. The number of fused-ring (bicyclic) bond motifs is 3. The van der Waals surface area contributed by atoms with Gasteiger partial charge in [-0.1, -0.05) is 75.4 Å². The van der Waals surface area contributed by atoms with E-state index < -0.39 is 0 Å². The molecule has 0 amide bonds. The molecule has 0 nitrogen and oxygen atoms in total. The Balaban J connectivity index is 1.84. The maximum atomic E-state index is 2.40. The van der Waals surface area contributed by atoms with E-state index in [2.05, 4.69) is 81.5 Å². The van der Waals surface area contributed by atoms with E-state index in [1.165, 1.54) is 33.4 Å². The first-order valence-electron chi connectivity index (χ1n) is 8.20. The van der Waals surface area contributed by atoms with Crippen LogP contribution in [0.3, 0.4) is 0 Å². The summed E-state index contributed by atoms with van der Waals surface area (Å²) in [6.07, 6.45) is 8.13. The van der Waals surface area contributed by atoms with Crippen LogP contribution in [0, 0.1) is 5.92 Å². The van der Waals surface area contributed by atoms with Gasteiger partial charge in [0.2, 0.25) is 0 Å². The minimum Gasteiger partial charge on any atom is -0.0808 e. The maximum Gasteiger partial charge on any atom is 0.0159 e. The molecule has 0 fully saturated rings. The van der Waals surface area contributed by atoms with E-state index >= 15 is 0 Å². The van der Waals surface area contributed by atoms with E-state index in [-0.39, 0.29) is 5.41 Å². The van der Waals surface area contributed by atoms with Crippen LogP contribution in [0.5, 0.6) is 0 Å². The van der Waals surface area contributed by atoms with Gasteiger partial charge in [0.1, 0.15) is 0 Å². The lowest BCUT2D eigenvalue weighted by atomic mass is 9.81. The molecule has 0 aromatic heterocycles. The molecule has 1 atom stereocenters. The Labute approximate surface area is 133 Å². The molecule has 0 radical (unpaired) electrons. The first-order valence-corrected chi connectivity index (χ1v) is 8.20. The maximum absolute atomic E-state index is 2.40. The lowest BCUT2D eigenvalue weighted by molar-refractivity contribution is 0.660. The normalized spacial score (nSPS) is 21.2. The summed E-state index contributed by atoms with van der Waals surface area (Å²) in [5.41, 5.74) is 8.51. The van der Waals surface area contributed by atoms with Crippen LogP contribution in [0.15, 0.2) is 60.7 Å². The molecule has 1 unspecified atom stereocenters. The minimum atomic E-state index is 0.0914. The molecule has 2 aliphatic rings. The van der Waals surface area contributed by atoms with E-state index in [9.17, 15) is 0 Å². The molecule has 2 aromatic carbocycles. The van der Waals surface area contributed by atoms with Crippen molar-refractivity contribution < 1.29 is 0 Å². The van der Waals surface area contributed by atoms with Crippen molar-refractivity contribution in [3.05, 3.63) is 77.4 Å². The van der Waals surface area contributed by atoms with Crippen LogP contribution in [-0.4, -0.2) is 0 Å². The van der Waals surface area contributed by atoms with Crippen LogP contribution >= 0.6 is 0 Å². The summed E-state index contributed by atoms with van der Waals surface area (Å²) in [5, 5.41) is 0. The smallest absolute Gasteiger partial charge is 0.0159 e. The third-order valence-corrected chi connectivity index (χ3v) is 5.23. The molecule has 0 heterocycles. The summed E-state index contributed by atoms with van der Waals surface area (Å²) >= 11 is 0. The van der Waals surface area contributed by atoms with E-state index in [0.29, 0.717) is 5.92 Å². The fourth-order valence-corrected chi connectivity index (χ4v) is 3.83. The largest absolute Gasteiger partial charge is 0.0808 e. The molecule has 22 heavy (non-hydrogen) atoms. The van der Waals surface area contributed by atoms with Crippen LogP contribution in [0.4, 0.5) is 0 Å². The number of allylic oxidation sites excluding steroid dienone is 4. The second-order valence-corrected chi connectivity index (χ2v) is 7.16. The van der Waals surface area contributed by atoms with Crippen molar-refractivity contribution in [1.29, 1.82) is 0 Å². The monoisotopic (exact) mass is 286 g/mol. The van der Waals surface area contributed by atoms with Crippen LogP contribution in [0.1, 0.15) is 43.9 Å². The molecule has 2 aliphatic carbocycles. The standard InChI is InChI=1S/C22H22/c1-15-8-10-16(11-9-15)17-12-13-19-18-6-4-5-7-20(18)22(2,3)21(19)14-17/h4-8,10-15H,9H2,1-3H3. The van der Waals surface area contributed by atoms with Gasteiger partial charge < -0.3 is 0 Å². The summed E-state index contributed by atoms with van der Waals surface area (Å²) in [6.45, 7) is 6.95. The van der Waals surface area contributed by atoms with Crippen molar-refractivity contribution in [3.63, 3.8) is 0 Å². The highest BCUT2D eigenvalue weighted by molar-refractivity contribution is 5.84. The second kappa shape index (κ2) is 4.71. The van der Waals surface area contributed by atoms with Crippen molar-refractivity contribution in [3.8, 4) is 11.1 Å². The van der Waals surface area contributed by atoms with E-state index in [1.54, 1.807) is 0 Å². The van der Waals surface area contributed by atoms with Gasteiger partial charge in [0.15, 0.2) is 0 Å². The molecule has 0 saturated heterocycles. The summed E-state index contributed by atoms with van der Waals surface area (Å²) < 4.78 is 0. The Morgan fingerprint density at radius 2 is 1.73 bits per heavy atom. The SMILES string of the molecule is CC1C=CC(c2ccc3c(c2)C(C)(C)c2ccccc2-3)=CC1. The minimum absolute atomic E-state index is 0.0914. The molecule has 0 bridgehead atoms. The van der Waals surface area contributed by atoms with Gasteiger partial charge in [0.05, 0.1) is 0 Å². The van der Waals surface area contributed by atoms with Crippen LogP contribution in [-0.2, 0) is 5.41 Å². The predicted molar refractivity (Wildman–Crippen MR) is 94.9 cm³/mol. The fraction of sp³-hybridized carbons (Fsp3) is 0.273. The lowest BCUT2D eigenvalue weighted by Crippen LogP contribution is -2.15. The molecular weight excluding hydrogens is 264 g/mol. The summed E-state index contributed by atoms with van der Waals surface area (Å²) in [6, 6.07) is 15.8. The van der Waals surface area contributed by atoms with E-state index in [1.807, 2.05) is 0 Å². The van der Waals surface area contributed by atoms with Crippen LogP contribution in [0.2, 0.25) is 0 Å². The lowest BCUT2D eigenvalue weighted by Gasteiger charge is -2.22. The highest BCUT2D eigenvalue weighted by Crippen LogP contribution is 2.49. The van der Waals surface area contributed by atoms with Gasteiger partial charge >= 0.3 is 0 Å². The van der Waals surface area contributed by atoms with Gasteiger partial charge in [0.25, 0.3) is 0 Å². The average Bonchev–Trinajstić information content (AvgIpc) is 2.77. The molecule has 4 rings (SSSR count). The Morgan fingerprint density at radius 1 is 0.955 bits per heavy atom. The molecule has 0 saturated carbocycles. The topological polar surface area (TPSA) is 0 Å². The van der Waals surface area contributed by atoms with Crippen LogP contribution in [0.25, 0.3) is 16.7 Å². The van der Waals surface area contributed by atoms with E-state index in [0.717, 1.165) is 6.42 Å². The number of rotatable bonds is 1. The van der Waals surface area contributed by atoms with Crippen molar-refractivity contribution in [2.45, 2.75) is 32.6 Å². The predicted octanol–water partition coefficient (Wildman–Crippen LogP) is 5.97. The molecule has 2 aromatic rings. The highest BCUT2D eigenvalue weighted by atomic mass is 14.4. The zero-order valence-corrected chi connectivity index (χ0v) is 13.6. The van der Waals surface area contributed by atoms with Gasteiger partial charge in [-0.2, -0.15) is 0 Å². The van der Waals surface area contributed by atoms with Gasteiger partial charge in [-0.25, -0.2) is 0 Å². The number of hydrogen-bond acceptors (Lipinski definition) is 0. The molecule has 0 aliphatic heterocycles. The van der Waals surface area contributed by atoms with Gasteiger partial charge in [-0.05, 0) is 51.8 Å². The third-order valence-electron chi connectivity index (χ3n) is 5.23. The van der Waals surface area contributed by atoms with Crippen molar-refractivity contribution in [2.75, 3.05) is 0 Å². The quantitative estimate of drug-likeness (QED) is 0.605. The molecule has 0 heteroatoms. The Hall–Kier alpha value is -2.08. The summed E-state index contributed by atoms with van der Waals surface area (Å²) in [7, 11) is 0. The molecule has 0 N–H and O–H groups in total. The van der Waals surface area contributed by atoms with Gasteiger partial charge in [0, 0.05) is 5.41 Å². The molecule has 0 spiro atoms. The van der Waals surface area contributed by atoms with Crippen molar-refractivity contribution >= 4 is 5.57 Å². The summed E-state index contributed by atoms with van der Waals surface area (Å²) in [4.78, 5) is 0. The Bertz CT molecular complexity index is 803. The fourth-order valence-electron chi connectivity index (χ4n) is 3.83. The molecule has 110 valence electrons. The van der Waals surface area contributed by atoms with Crippen molar-refractivity contribution in [1.82, 2.24) is 0 Å².